The molecule has 2 heterocycles. The van der Waals surface area contributed by atoms with Crippen molar-refractivity contribution in [1.82, 2.24) is 9.80 Å². The molecule has 0 unspecified atom stereocenters. The summed E-state index contributed by atoms with van der Waals surface area (Å²) >= 11 is 0. The van der Waals surface area contributed by atoms with E-state index in [-0.39, 0.29) is 32.0 Å². The molecule has 3 aromatic rings. The van der Waals surface area contributed by atoms with Crippen LogP contribution >= 0.6 is 0 Å². The summed E-state index contributed by atoms with van der Waals surface area (Å²) in [6.45, 7) is 0.00640. The molecular weight excluding hydrogens is 539 g/mol. The molecule has 40 heavy (non-hydrogen) atoms. The van der Waals surface area contributed by atoms with Crippen molar-refractivity contribution in [1.29, 1.82) is 0 Å². The van der Waals surface area contributed by atoms with E-state index < -0.39 is 39.7 Å². The fraction of sp³-hybridized carbons (Fsp3) is 0.310. The molecule has 0 radical (unpaired) electrons. The van der Waals surface area contributed by atoms with Crippen molar-refractivity contribution < 1.29 is 36.1 Å². The zero-order valence-corrected chi connectivity index (χ0v) is 22.8. The molecule has 0 saturated carbocycles. The third kappa shape index (κ3) is 5.39. The summed E-state index contributed by atoms with van der Waals surface area (Å²) in [5.74, 6) is -0.169. The molecule has 11 heteroatoms. The first-order chi connectivity index (χ1) is 19.1. The lowest BCUT2D eigenvalue weighted by atomic mass is 9.72. The van der Waals surface area contributed by atoms with Gasteiger partial charge >= 0.3 is 6.09 Å². The topological polar surface area (TPSA) is 102 Å². The minimum Gasteiger partial charge on any atom is -0.497 e. The van der Waals surface area contributed by atoms with Gasteiger partial charge in [-0.1, -0.05) is 54.6 Å². The van der Waals surface area contributed by atoms with Crippen LogP contribution < -0.4 is 4.74 Å². The molecule has 0 N–H and O–H groups in total. The van der Waals surface area contributed by atoms with E-state index in [1.807, 2.05) is 30.3 Å². The minimum absolute atomic E-state index is 0.0329. The van der Waals surface area contributed by atoms with Gasteiger partial charge in [0, 0.05) is 13.0 Å². The second kappa shape index (κ2) is 10.9. The molecule has 0 bridgehead atoms. The zero-order valence-electron chi connectivity index (χ0n) is 22.0. The standard InChI is InChI=1S/C29H29FN2O7S/c1-37-24-14-8-20(9-15-24)17-31-26(22-10-12-23(30)13-11-22)29(27(31)33)16-25(39-40(2,35)36)18-32(29)28(34)38-19-21-6-4-3-5-7-21/h3-15,25-26H,16-19H2,1-2H3/t25-,26+,29-/m1/s1. The van der Waals surface area contributed by atoms with Crippen LogP contribution in [0.25, 0.3) is 0 Å². The largest absolute Gasteiger partial charge is 0.497 e. The van der Waals surface area contributed by atoms with Crippen LogP contribution in [0.5, 0.6) is 5.75 Å². The SMILES string of the molecule is COc1ccc(CN2C(=O)[C@@]3(C[C@@H](OS(C)(=O)=O)CN3C(=O)OCc3ccccc3)[C@@H]2c2ccc(F)cc2)cc1. The summed E-state index contributed by atoms with van der Waals surface area (Å²) in [7, 11) is -2.33. The van der Waals surface area contributed by atoms with Crippen LogP contribution in [0.15, 0.2) is 78.9 Å². The molecule has 0 aromatic heterocycles. The highest BCUT2D eigenvalue weighted by atomic mass is 32.2. The molecule has 0 aliphatic carbocycles. The van der Waals surface area contributed by atoms with Gasteiger partial charge in [-0.05, 0) is 41.0 Å². The summed E-state index contributed by atoms with van der Waals surface area (Å²) in [5, 5.41) is 0. The molecule has 9 nitrogen and oxygen atoms in total. The number of likely N-dealkylation sites (tertiary alicyclic amines) is 2. The second-order valence-corrected chi connectivity index (χ2v) is 11.5. The summed E-state index contributed by atoms with van der Waals surface area (Å²) in [6, 6.07) is 21.3. The van der Waals surface area contributed by atoms with Gasteiger partial charge in [0.05, 0.1) is 32.1 Å². The van der Waals surface area contributed by atoms with Crippen molar-refractivity contribution in [2.45, 2.75) is 37.3 Å². The lowest BCUT2D eigenvalue weighted by Crippen LogP contribution is -2.73. The number of benzene rings is 3. The van der Waals surface area contributed by atoms with Crippen LogP contribution in [-0.4, -0.2) is 61.8 Å². The molecule has 2 saturated heterocycles. The zero-order chi connectivity index (χ0) is 28.5. The Morgan fingerprint density at radius 1 is 1.00 bits per heavy atom. The van der Waals surface area contributed by atoms with E-state index in [2.05, 4.69) is 0 Å². The molecule has 2 aliphatic rings. The second-order valence-electron chi connectivity index (χ2n) is 9.94. The Balaban J connectivity index is 1.50. The minimum atomic E-state index is -3.89. The maximum atomic E-state index is 14.0. The number of methoxy groups -OCH3 is 1. The molecule has 3 aromatic carbocycles. The predicted molar refractivity (Wildman–Crippen MR) is 143 cm³/mol. The van der Waals surface area contributed by atoms with Crippen molar-refractivity contribution in [2.75, 3.05) is 19.9 Å². The van der Waals surface area contributed by atoms with Gasteiger partial charge in [0.25, 0.3) is 16.0 Å². The van der Waals surface area contributed by atoms with Gasteiger partial charge in [0.15, 0.2) is 5.54 Å². The van der Waals surface area contributed by atoms with Gasteiger partial charge in [-0.25, -0.2) is 9.18 Å². The maximum Gasteiger partial charge on any atom is 0.411 e. The number of nitrogens with zero attached hydrogens (tertiary/aromatic N) is 2. The number of carbonyl (C=O) groups excluding carboxylic acids is 2. The summed E-state index contributed by atoms with van der Waals surface area (Å²) in [4.78, 5) is 30.4. The highest BCUT2D eigenvalue weighted by molar-refractivity contribution is 7.86. The lowest BCUT2D eigenvalue weighted by molar-refractivity contribution is -0.174. The third-order valence-electron chi connectivity index (χ3n) is 7.24. The van der Waals surface area contributed by atoms with Crippen LogP contribution in [0.4, 0.5) is 9.18 Å². The third-order valence-corrected chi connectivity index (χ3v) is 7.86. The summed E-state index contributed by atoms with van der Waals surface area (Å²) in [6.07, 6.45) is -0.880. The van der Waals surface area contributed by atoms with Crippen LogP contribution in [-0.2, 0) is 37.0 Å². The fourth-order valence-electron chi connectivity index (χ4n) is 5.56. The van der Waals surface area contributed by atoms with Crippen molar-refractivity contribution in [3.63, 3.8) is 0 Å². The summed E-state index contributed by atoms with van der Waals surface area (Å²) < 4.78 is 54.0. The Hall–Kier alpha value is -3.96. The van der Waals surface area contributed by atoms with Crippen LogP contribution in [0, 0.1) is 5.82 Å². The first kappa shape index (κ1) is 27.6. The average Bonchev–Trinajstić information content (AvgIpc) is 3.33. The van der Waals surface area contributed by atoms with E-state index in [4.69, 9.17) is 13.7 Å². The molecule has 1 spiro atoms. The van der Waals surface area contributed by atoms with Crippen molar-refractivity contribution in [2.24, 2.45) is 0 Å². The quantitative estimate of drug-likeness (QED) is 0.299. The maximum absolute atomic E-state index is 14.0. The van der Waals surface area contributed by atoms with Crippen molar-refractivity contribution in [3.8, 4) is 5.75 Å². The van der Waals surface area contributed by atoms with E-state index in [1.54, 1.807) is 48.4 Å². The smallest absolute Gasteiger partial charge is 0.411 e. The van der Waals surface area contributed by atoms with Crippen molar-refractivity contribution >= 4 is 22.1 Å². The number of β-lactam (4-membered cyclic amide) rings is 1. The molecule has 2 aliphatic heterocycles. The monoisotopic (exact) mass is 568 g/mol. The normalized spacial score (nSPS) is 22.3. The Morgan fingerprint density at radius 3 is 2.30 bits per heavy atom. The van der Waals surface area contributed by atoms with Crippen molar-refractivity contribution in [3.05, 3.63) is 101 Å². The van der Waals surface area contributed by atoms with Gasteiger partial charge in [-0.3, -0.25) is 13.9 Å². The highest BCUT2D eigenvalue weighted by Gasteiger charge is 2.69. The molecular formula is C29H29FN2O7S. The molecule has 3 atom stereocenters. The van der Waals surface area contributed by atoms with Crippen LogP contribution in [0.2, 0.25) is 0 Å². The number of halogens is 1. The van der Waals surface area contributed by atoms with E-state index in [0.29, 0.717) is 11.3 Å². The highest BCUT2D eigenvalue weighted by Crippen LogP contribution is 2.54. The molecule has 2 amide bonds. The Kier molecular flexibility index (Phi) is 7.52. The molecule has 2 fully saturated rings. The lowest BCUT2D eigenvalue weighted by Gasteiger charge is -2.57. The van der Waals surface area contributed by atoms with E-state index in [9.17, 15) is 22.4 Å². The van der Waals surface area contributed by atoms with Gasteiger partial charge < -0.3 is 14.4 Å². The first-order valence-corrected chi connectivity index (χ1v) is 14.5. The molecule has 210 valence electrons. The number of hydrogen-bond acceptors (Lipinski definition) is 7. The molecule has 5 rings (SSSR count). The first-order valence-electron chi connectivity index (χ1n) is 12.7. The summed E-state index contributed by atoms with van der Waals surface area (Å²) in [5.41, 5.74) is 0.684. The van der Waals surface area contributed by atoms with Crippen LogP contribution in [0.1, 0.15) is 29.2 Å². The number of rotatable bonds is 8. The number of hydrogen-bond donors (Lipinski definition) is 0. The number of amides is 2. The van der Waals surface area contributed by atoms with Gasteiger partial charge in [0.1, 0.15) is 18.2 Å². The van der Waals surface area contributed by atoms with E-state index in [0.717, 1.165) is 17.4 Å². The van der Waals surface area contributed by atoms with Gasteiger partial charge in [-0.15, -0.1) is 0 Å². The fourth-order valence-corrected chi connectivity index (χ4v) is 6.19. The van der Waals surface area contributed by atoms with Gasteiger partial charge in [-0.2, -0.15) is 8.42 Å². The van der Waals surface area contributed by atoms with E-state index in [1.165, 1.54) is 17.0 Å². The van der Waals surface area contributed by atoms with E-state index >= 15 is 0 Å². The number of ether oxygens (including phenoxy) is 2. The number of carbonyl (C=O) groups is 2. The predicted octanol–water partition coefficient (Wildman–Crippen LogP) is 4.04. The Morgan fingerprint density at radius 2 is 1.68 bits per heavy atom. The average molecular weight is 569 g/mol. The Labute approximate surface area is 232 Å². The van der Waals surface area contributed by atoms with Crippen LogP contribution in [0.3, 0.4) is 0 Å². The Bertz CT molecular complexity index is 1480. The van der Waals surface area contributed by atoms with Gasteiger partial charge in [0.2, 0.25) is 0 Å².